The summed E-state index contributed by atoms with van der Waals surface area (Å²) in [5.74, 6) is -0.301. The number of esters is 1. The second-order valence-corrected chi connectivity index (χ2v) is 6.37. The van der Waals surface area contributed by atoms with Gasteiger partial charge in [-0.05, 0) is 63.2 Å². The Kier molecular flexibility index (Phi) is 6.19. The highest BCUT2D eigenvalue weighted by atomic mass is 32.1. The molecule has 0 saturated heterocycles. The first-order chi connectivity index (χ1) is 10.5. The third-order valence-electron chi connectivity index (χ3n) is 3.66. The molecular weight excluding hydrogens is 296 g/mol. The predicted molar refractivity (Wildman–Crippen MR) is 93.2 cm³/mol. The van der Waals surface area contributed by atoms with E-state index in [2.05, 4.69) is 10.6 Å². The maximum Gasteiger partial charge on any atom is 0.338 e. The predicted octanol–water partition coefficient (Wildman–Crippen LogP) is 3.87. The van der Waals surface area contributed by atoms with Gasteiger partial charge in [-0.25, -0.2) is 4.79 Å². The van der Waals surface area contributed by atoms with E-state index in [-0.39, 0.29) is 12.1 Å². The van der Waals surface area contributed by atoms with Crippen molar-refractivity contribution in [1.82, 2.24) is 5.32 Å². The van der Waals surface area contributed by atoms with Gasteiger partial charge >= 0.3 is 5.97 Å². The van der Waals surface area contributed by atoms with Crippen LogP contribution in [0.15, 0.2) is 24.3 Å². The van der Waals surface area contributed by atoms with Crippen molar-refractivity contribution in [2.45, 2.75) is 58.1 Å². The largest absolute Gasteiger partial charge is 0.459 e. The Morgan fingerprint density at radius 3 is 2.41 bits per heavy atom. The zero-order valence-corrected chi connectivity index (χ0v) is 14.0. The summed E-state index contributed by atoms with van der Waals surface area (Å²) >= 11 is 5.34. The summed E-state index contributed by atoms with van der Waals surface area (Å²) in [6.07, 6.45) is 6.12. The van der Waals surface area contributed by atoms with Gasteiger partial charge in [0.05, 0.1) is 11.7 Å². The summed E-state index contributed by atoms with van der Waals surface area (Å²) in [4.78, 5) is 11.8. The normalized spacial score (nSPS) is 15.4. The molecule has 1 saturated carbocycles. The molecule has 1 aliphatic carbocycles. The van der Waals surface area contributed by atoms with Gasteiger partial charge in [0.2, 0.25) is 0 Å². The van der Waals surface area contributed by atoms with E-state index in [9.17, 15) is 4.79 Å². The number of anilines is 1. The van der Waals surface area contributed by atoms with Crippen LogP contribution in [0.5, 0.6) is 0 Å². The molecule has 0 heterocycles. The third kappa shape index (κ3) is 5.30. The first-order valence-corrected chi connectivity index (χ1v) is 8.34. The number of hydrogen-bond donors (Lipinski definition) is 2. The quantitative estimate of drug-likeness (QED) is 0.651. The van der Waals surface area contributed by atoms with Crippen LogP contribution < -0.4 is 10.6 Å². The van der Waals surface area contributed by atoms with Crippen LogP contribution in [0, 0.1) is 0 Å². The molecule has 0 radical (unpaired) electrons. The lowest BCUT2D eigenvalue weighted by atomic mass is 9.96. The van der Waals surface area contributed by atoms with E-state index in [1.54, 1.807) is 12.1 Å². The van der Waals surface area contributed by atoms with E-state index in [1.807, 2.05) is 26.0 Å². The minimum absolute atomic E-state index is 0.113. The third-order valence-corrected chi connectivity index (χ3v) is 3.88. The molecule has 22 heavy (non-hydrogen) atoms. The minimum atomic E-state index is -0.301. The van der Waals surface area contributed by atoms with E-state index in [1.165, 1.54) is 32.1 Å². The van der Waals surface area contributed by atoms with Crippen LogP contribution in [0.1, 0.15) is 56.3 Å². The second kappa shape index (κ2) is 8.13. The highest BCUT2D eigenvalue weighted by Crippen LogP contribution is 2.18. The fourth-order valence-electron chi connectivity index (χ4n) is 2.57. The van der Waals surface area contributed by atoms with Crippen molar-refractivity contribution in [1.29, 1.82) is 0 Å². The summed E-state index contributed by atoms with van der Waals surface area (Å²) in [6.45, 7) is 3.67. The van der Waals surface area contributed by atoms with Gasteiger partial charge in [-0.1, -0.05) is 19.3 Å². The molecule has 0 aliphatic heterocycles. The van der Waals surface area contributed by atoms with Gasteiger partial charge in [-0.15, -0.1) is 0 Å². The fourth-order valence-corrected chi connectivity index (χ4v) is 2.86. The van der Waals surface area contributed by atoms with Crippen LogP contribution in [0.2, 0.25) is 0 Å². The number of hydrogen-bond acceptors (Lipinski definition) is 3. The van der Waals surface area contributed by atoms with Crippen LogP contribution in [0.4, 0.5) is 5.69 Å². The molecule has 4 nitrogen and oxygen atoms in total. The number of carbonyl (C=O) groups excluding carboxylic acids is 1. The molecule has 1 aliphatic rings. The van der Waals surface area contributed by atoms with Crippen LogP contribution in [0.25, 0.3) is 0 Å². The Morgan fingerprint density at radius 2 is 1.82 bits per heavy atom. The van der Waals surface area contributed by atoms with Gasteiger partial charge in [0.15, 0.2) is 5.11 Å². The van der Waals surface area contributed by atoms with Gasteiger partial charge in [-0.3, -0.25) is 0 Å². The van der Waals surface area contributed by atoms with Gasteiger partial charge in [0, 0.05) is 11.7 Å². The highest BCUT2D eigenvalue weighted by Gasteiger charge is 2.14. The molecule has 1 aromatic rings. The van der Waals surface area contributed by atoms with E-state index in [0.717, 1.165) is 5.69 Å². The average molecular weight is 320 g/mol. The van der Waals surface area contributed by atoms with Crippen LogP contribution >= 0.6 is 12.2 Å². The molecule has 0 bridgehead atoms. The van der Waals surface area contributed by atoms with Gasteiger partial charge < -0.3 is 15.4 Å². The van der Waals surface area contributed by atoms with Crippen LogP contribution in [-0.4, -0.2) is 23.2 Å². The molecule has 1 aromatic carbocycles. The van der Waals surface area contributed by atoms with E-state index < -0.39 is 0 Å². The lowest BCUT2D eigenvalue weighted by molar-refractivity contribution is 0.0378. The van der Waals surface area contributed by atoms with Crippen molar-refractivity contribution >= 4 is 29.0 Å². The molecule has 0 amide bonds. The number of benzene rings is 1. The van der Waals surface area contributed by atoms with Crippen molar-refractivity contribution < 1.29 is 9.53 Å². The van der Waals surface area contributed by atoms with E-state index in [4.69, 9.17) is 17.0 Å². The number of carbonyl (C=O) groups is 1. The monoisotopic (exact) mass is 320 g/mol. The standard InChI is InChI=1S/C17H24N2O2S/c1-12(2)21-16(20)13-8-10-15(11-9-13)19-17(22)18-14-6-4-3-5-7-14/h8-12,14H,3-7H2,1-2H3,(H2,18,19,22). The molecule has 5 heteroatoms. The van der Waals surface area contributed by atoms with Crippen molar-refractivity contribution in [3.8, 4) is 0 Å². The van der Waals surface area contributed by atoms with Crippen LogP contribution in [-0.2, 0) is 4.74 Å². The summed E-state index contributed by atoms with van der Waals surface area (Å²) in [7, 11) is 0. The lowest BCUT2D eigenvalue weighted by Gasteiger charge is -2.24. The smallest absolute Gasteiger partial charge is 0.338 e. The highest BCUT2D eigenvalue weighted by molar-refractivity contribution is 7.80. The van der Waals surface area contributed by atoms with E-state index >= 15 is 0 Å². The molecule has 0 unspecified atom stereocenters. The molecule has 1 fully saturated rings. The average Bonchev–Trinajstić information content (AvgIpc) is 2.48. The number of thiocarbonyl (C=S) groups is 1. The fraction of sp³-hybridized carbons (Fsp3) is 0.529. The Labute approximate surface area is 137 Å². The van der Waals surface area contributed by atoms with Crippen molar-refractivity contribution in [3.05, 3.63) is 29.8 Å². The Hall–Kier alpha value is -1.62. The summed E-state index contributed by atoms with van der Waals surface area (Å²) < 4.78 is 5.16. The molecule has 2 N–H and O–H groups in total. The van der Waals surface area contributed by atoms with Crippen LogP contribution in [0.3, 0.4) is 0 Å². The summed E-state index contributed by atoms with van der Waals surface area (Å²) in [6, 6.07) is 7.65. The van der Waals surface area contributed by atoms with Crippen molar-refractivity contribution in [2.24, 2.45) is 0 Å². The SMILES string of the molecule is CC(C)OC(=O)c1ccc(NC(=S)NC2CCCCC2)cc1. The van der Waals surface area contributed by atoms with Gasteiger partial charge in [0.25, 0.3) is 0 Å². The number of nitrogens with one attached hydrogen (secondary N) is 2. The first kappa shape index (κ1) is 16.7. The van der Waals surface area contributed by atoms with Gasteiger partial charge in [0.1, 0.15) is 0 Å². The minimum Gasteiger partial charge on any atom is -0.459 e. The van der Waals surface area contributed by atoms with Gasteiger partial charge in [-0.2, -0.15) is 0 Å². The topological polar surface area (TPSA) is 50.4 Å². The number of rotatable bonds is 4. The van der Waals surface area contributed by atoms with Crippen molar-refractivity contribution in [3.63, 3.8) is 0 Å². The zero-order valence-electron chi connectivity index (χ0n) is 13.2. The molecule has 0 atom stereocenters. The maximum atomic E-state index is 11.8. The molecule has 2 rings (SSSR count). The Morgan fingerprint density at radius 1 is 1.18 bits per heavy atom. The first-order valence-electron chi connectivity index (χ1n) is 7.93. The second-order valence-electron chi connectivity index (χ2n) is 5.96. The molecular formula is C17H24N2O2S. The Balaban J connectivity index is 1.85. The summed E-state index contributed by atoms with van der Waals surface area (Å²) in [5.41, 5.74) is 1.42. The molecule has 0 spiro atoms. The van der Waals surface area contributed by atoms with E-state index in [0.29, 0.717) is 16.7 Å². The maximum absolute atomic E-state index is 11.8. The number of ether oxygens (including phenoxy) is 1. The molecule has 0 aromatic heterocycles. The summed E-state index contributed by atoms with van der Waals surface area (Å²) in [5, 5.41) is 7.17. The Bertz CT molecular complexity index is 508. The molecule has 120 valence electrons. The zero-order chi connectivity index (χ0) is 15.9. The van der Waals surface area contributed by atoms with Crippen molar-refractivity contribution in [2.75, 3.05) is 5.32 Å². The lowest BCUT2D eigenvalue weighted by Crippen LogP contribution is -2.38.